The van der Waals surface area contributed by atoms with Crippen molar-refractivity contribution >= 4 is 34.8 Å². The lowest BCUT2D eigenvalue weighted by Crippen LogP contribution is -2.40. The van der Waals surface area contributed by atoms with Crippen molar-refractivity contribution in [3.63, 3.8) is 0 Å². The smallest absolute Gasteiger partial charge is 0.317 e. The van der Waals surface area contributed by atoms with Gasteiger partial charge in [0.05, 0.1) is 18.1 Å². The molecule has 0 spiro atoms. The van der Waals surface area contributed by atoms with E-state index in [1.165, 1.54) is 0 Å². The number of carbonyl (C=O) groups is 2. The van der Waals surface area contributed by atoms with Crippen LogP contribution in [0, 0.1) is 5.92 Å². The lowest BCUT2D eigenvalue weighted by Gasteiger charge is -2.25. The Morgan fingerprint density at radius 3 is 1.73 bits per heavy atom. The van der Waals surface area contributed by atoms with Crippen molar-refractivity contribution in [1.82, 2.24) is 14.7 Å². The van der Waals surface area contributed by atoms with Gasteiger partial charge in [-0.25, -0.2) is 0 Å². The number of thiocarbonyl (C=S) groups is 1. The predicted molar refractivity (Wildman–Crippen MR) is 121 cm³/mol. The van der Waals surface area contributed by atoms with E-state index in [1.807, 2.05) is 21.9 Å². The highest BCUT2D eigenvalue weighted by molar-refractivity contribution is 7.80. The molecule has 0 saturated carbocycles. The predicted octanol–water partition coefficient (Wildman–Crippen LogP) is 1.67. The number of carboxylic acid groups (broad SMARTS) is 2. The zero-order valence-electron chi connectivity index (χ0n) is 17.7. The first-order valence-corrected chi connectivity index (χ1v) is 10.6. The van der Waals surface area contributed by atoms with Gasteiger partial charge in [0.2, 0.25) is 0 Å². The van der Waals surface area contributed by atoms with E-state index < -0.39 is 11.9 Å². The van der Waals surface area contributed by atoms with Crippen LogP contribution in [0.1, 0.15) is 19.4 Å². The van der Waals surface area contributed by atoms with Crippen LogP contribution < -0.4 is 5.32 Å². The highest BCUT2D eigenvalue weighted by Crippen LogP contribution is 2.14. The first-order valence-electron chi connectivity index (χ1n) is 10.2. The van der Waals surface area contributed by atoms with Crippen LogP contribution in [0.2, 0.25) is 0 Å². The van der Waals surface area contributed by atoms with Gasteiger partial charge < -0.3 is 15.5 Å². The third-order valence-electron chi connectivity index (χ3n) is 5.07. The monoisotopic (exact) mass is 436 g/mol. The van der Waals surface area contributed by atoms with Crippen LogP contribution in [0.25, 0.3) is 0 Å². The minimum atomic E-state index is -0.868. The van der Waals surface area contributed by atoms with Crippen LogP contribution in [-0.4, -0.2) is 94.2 Å². The standard InChI is InChI=1S/C21H32N4O4S/c1-16(2)21(30)22-18-5-3-17(4-6-18)13-23-7-9-24(14-19(26)27)11-12-25(10-8-23)15-20(28)29/h3-6,16H,7-15H2,1-2H3,(H,22,30)(H,26,27)(H,28,29). The van der Waals surface area contributed by atoms with E-state index in [0.29, 0.717) is 26.2 Å². The van der Waals surface area contributed by atoms with Crippen molar-refractivity contribution in [3.8, 4) is 0 Å². The topological polar surface area (TPSA) is 96.4 Å². The molecule has 9 heteroatoms. The molecule has 0 aliphatic carbocycles. The van der Waals surface area contributed by atoms with Crippen molar-refractivity contribution in [3.05, 3.63) is 29.8 Å². The van der Waals surface area contributed by atoms with Gasteiger partial charge in [-0.05, 0) is 17.7 Å². The Morgan fingerprint density at radius 1 is 0.900 bits per heavy atom. The molecule has 0 radical (unpaired) electrons. The summed E-state index contributed by atoms with van der Waals surface area (Å²) in [6.07, 6.45) is 0. The Kier molecular flexibility index (Phi) is 9.64. The molecule has 0 amide bonds. The maximum Gasteiger partial charge on any atom is 0.317 e. The Labute approximate surface area is 183 Å². The summed E-state index contributed by atoms with van der Waals surface area (Å²) >= 11 is 5.33. The molecule has 0 atom stereocenters. The normalized spacial score (nSPS) is 17.2. The summed E-state index contributed by atoms with van der Waals surface area (Å²) in [6, 6.07) is 8.13. The average molecular weight is 437 g/mol. The fraction of sp³-hybridized carbons (Fsp3) is 0.571. The molecule has 1 aliphatic heterocycles. The lowest BCUT2D eigenvalue weighted by atomic mass is 10.1. The zero-order valence-corrected chi connectivity index (χ0v) is 18.5. The Hall–Kier alpha value is -2.07. The summed E-state index contributed by atoms with van der Waals surface area (Å²) in [6.45, 7) is 8.56. The molecule has 1 aromatic rings. The van der Waals surface area contributed by atoms with Crippen LogP contribution in [-0.2, 0) is 16.1 Å². The van der Waals surface area contributed by atoms with Crippen LogP contribution >= 0.6 is 12.2 Å². The summed E-state index contributed by atoms with van der Waals surface area (Å²) in [5, 5.41) is 21.6. The molecule has 1 saturated heterocycles. The van der Waals surface area contributed by atoms with Crippen LogP contribution in [0.4, 0.5) is 5.69 Å². The minimum absolute atomic E-state index is 0.0368. The largest absolute Gasteiger partial charge is 0.480 e. The molecule has 0 unspecified atom stereocenters. The molecule has 1 aromatic carbocycles. The number of rotatable bonds is 8. The van der Waals surface area contributed by atoms with Gasteiger partial charge in [0.25, 0.3) is 0 Å². The van der Waals surface area contributed by atoms with Gasteiger partial charge in [-0.15, -0.1) is 0 Å². The number of hydrogen-bond acceptors (Lipinski definition) is 6. The summed E-state index contributed by atoms with van der Waals surface area (Å²) in [5.41, 5.74) is 2.10. The van der Waals surface area contributed by atoms with Gasteiger partial charge in [0, 0.05) is 57.4 Å². The van der Waals surface area contributed by atoms with Gasteiger partial charge >= 0.3 is 11.9 Å². The van der Waals surface area contributed by atoms with Crippen molar-refractivity contribution < 1.29 is 19.8 Å². The molecule has 8 nitrogen and oxygen atoms in total. The van der Waals surface area contributed by atoms with Crippen LogP contribution in [0.15, 0.2) is 24.3 Å². The lowest BCUT2D eigenvalue weighted by molar-refractivity contribution is -0.140. The fourth-order valence-corrected chi connectivity index (χ4v) is 3.40. The molecule has 3 N–H and O–H groups in total. The minimum Gasteiger partial charge on any atom is -0.480 e. The molecule has 2 rings (SSSR count). The number of aliphatic carboxylic acids is 2. The van der Waals surface area contributed by atoms with Gasteiger partial charge in [0.1, 0.15) is 0 Å². The van der Waals surface area contributed by atoms with Gasteiger partial charge in [-0.3, -0.25) is 24.3 Å². The van der Waals surface area contributed by atoms with E-state index in [2.05, 4.69) is 36.2 Å². The third-order valence-corrected chi connectivity index (χ3v) is 5.64. The highest BCUT2D eigenvalue weighted by atomic mass is 32.1. The first kappa shape index (κ1) is 24.2. The van der Waals surface area contributed by atoms with Crippen molar-refractivity contribution in [1.29, 1.82) is 0 Å². The van der Waals surface area contributed by atoms with Crippen molar-refractivity contribution in [2.24, 2.45) is 5.92 Å². The Bertz CT molecular complexity index is 698. The van der Waals surface area contributed by atoms with E-state index in [-0.39, 0.29) is 19.0 Å². The molecular formula is C21H32N4O4S. The van der Waals surface area contributed by atoms with E-state index in [9.17, 15) is 9.59 Å². The van der Waals surface area contributed by atoms with Crippen LogP contribution in [0.5, 0.6) is 0 Å². The molecule has 166 valence electrons. The van der Waals surface area contributed by atoms with Gasteiger partial charge in [-0.1, -0.05) is 38.2 Å². The van der Waals surface area contributed by atoms with E-state index in [1.54, 1.807) is 0 Å². The fourth-order valence-electron chi connectivity index (χ4n) is 3.28. The summed E-state index contributed by atoms with van der Waals surface area (Å²) in [5.74, 6) is -1.45. The quantitative estimate of drug-likeness (QED) is 0.526. The summed E-state index contributed by atoms with van der Waals surface area (Å²) in [7, 11) is 0. The third kappa shape index (κ3) is 8.74. The molecule has 0 aromatic heterocycles. The second-order valence-electron chi connectivity index (χ2n) is 7.96. The van der Waals surface area contributed by atoms with Gasteiger partial charge in [0.15, 0.2) is 0 Å². The van der Waals surface area contributed by atoms with E-state index >= 15 is 0 Å². The number of nitrogens with one attached hydrogen (secondary N) is 1. The zero-order chi connectivity index (χ0) is 22.1. The second kappa shape index (κ2) is 11.9. The number of anilines is 1. The van der Waals surface area contributed by atoms with Crippen molar-refractivity contribution in [2.45, 2.75) is 20.4 Å². The van der Waals surface area contributed by atoms with E-state index in [4.69, 9.17) is 22.4 Å². The maximum absolute atomic E-state index is 11.2. The molecular weight excluding hydrogens is 404 g/mol. The first-order chi connectivity index (χ1) is 14.2. The summed E-state index contributed by atoms with van der Waals surface area (Å²) in [4.78, 5) is 29.1. The Balaban J connectivity index is 2.02. The molecule has 1 aliphatic rings. The number of nitrogens with zero attached hydrogens (tertiary/aromatic N) is 3. The SMILES string of the molecule is CC(C)C(=S)Nc1ccc(CN2CCN(CC(=O)O)CCN(CC(=O)O)CC2)cc1. The molecule has 0 bridgehead atoms. The van der Waals surface area contributed by atoms with Crippen LogP contribution in [0.3, 0.4) is 0 Å². The molecule has 30 heavy (non-hydrogen) atoms. The maximum atomic E-state index is 11.2. The average Bonchev–Trinajstić information content (AvgIpc) is 2.75. The number of benzene rings is 1. The van der Waals surface area contributed by atoms with Gasteiger partial charge in [-0.2, -0.15) is 0 Å². The highest BCUT2D eigenvalue weighted by Gasteiger charge is 2.19. The number of hydrogen-bond donors (Lipinski definition) is 3. The second-order valence-corrected chi connectivity index (χ2v) is 8.40. The number of carboxylic acids is 2. The molecule has 1 fully saturated rings. The van der Waals surface area contributed by atoms with Crippen molar-refractivity contribution in [2.75, 3.05) is 57.7 Å². The Morgan fingerprint density at radius 2 is 1.33 bits per heavy atom. The van der Waals surface area contributed by atoms with E-state index in [0.717, 1.165) is 35.9 Å². The summed E-state index contributed by atoms with van der Waals surface area (Å²) < 4.78 is 0. The molecule has 1 heterocycles.